The molecule has 0 spiro atoms. The second-order valence-corrected chi connectivity index (χ2v) is 9.64. The summed E-state index contributed by atoms with van der Waals surface area (Å²) in [6.45, 7) is 4.90. The van der Waals surface area contributed by atoms with Crippen molar-refractivity contribution >= 4 is 42.6 Å². The molecule has 136 valence electrons. The Hall–Kier alpha value is -1.38. The number of hydrogen-bond acceptors (Lipinski definition) is 5. The first kappa shape index (κ1) is 18.4. The maximum Gasteiger partial charge on any atom is 0.289 e. The van der Waals surface area contributed by atoms with Crippen molar-refractivity contribution in [2.24, 2.45) is 0 Å². The third-order valence-corrected chi connectivity index (χ3v) is 5.95. The minimum atomic E-state index is -2.96. The highest BCUT2D eigenvalue weighted by atomic mass is 79.9. The monoisotopic (exact) mass is 428 g/mol. The molecular formula is C17H21BrN2O4S. The molecule has 0 bridgehead atoms. The van der Waals surface area contributed by atoms with Crippen LogP contribution in [0.5, 0.6) is 0 Å². The predicted molar refractivity (Wildman–Crippen MR) is 101 cm³/mol. The first-order chi connectivity index (χ1) is 11.7. The minimum Gasteiger partial charge on any atom is -0.451 e. The van der Waals surface area contributed by atoms with E-state index in [9.17, 15) is 13.2 Å². The third kappa shape index (κ3) is 4.24. The summed E-state index contributed by atoms with van der Waals surface area (Å²) < 4.78 is 29.3. The lowest BCUT2D eigenvalue weighted by molar-refractivity contribution is 0.0614. The fraction of sp³-hybridized carbons (Fsp3) is 0.471. The van der Waals surface area contributed by atoms with Crippen molar-refractivity contribution in [1.82, 2.24) is 9.80 Å². The van der Waals surface area contributed by atoms with E-state index in [-0.39, 0.29) is 11.7 Å². The lowest BCUT2D eigenvalue weighted by Crippen LogP contribution is -2.49. The van der Waals surface area contributed by atoms with Crippen LogP contribution in [0, 0.1) is 6.92 Å². The molecule has 1 aromatic carbocycles. The number of piperazine rings is 1. The molecule has 6 nitrogen and oxygen atoms in total. The highest BCUT2D eigenvalue weighted by Gasteiger charge is 2.26. The number of hydrogen-bond donors (Lipinski definition) is 0. The van der Waals surface area contributed by atoms with Crippen molar-refractivity contribution in [3.63, 3.8) is 0 Å². The van der Waals surface area contributed by atoms with E-state index in [4.69, 9.17) is 4.42 Å². The van der Waals surface area contributed by atoms with Gasteiger partial charge in [-0.3, -0.25) is 9.69 Å². The SMILES string of the molecule is Cc1c(C(=O)N2CCN(CCS(C)(=O)=O)CC2)oc2ccc(Br)cc12. The molecule has 0 radical (unpaired) electrons. The van der Waals surface area contributed by atoms with E-state index in [0.717, 1.165) is 15.4 Å². The maximum absolute atomic E-state index is 12.8. The lowest BCUT2D eigenvalue weighted by Gasteiger charge is -2.34. The summed E-state index contributed by atoms with van der Waals surface area (Å²) in [5.41, 5.74) is 1.55. The average molecular weight is 429 g/mol. The minimum absolute atomic E-state index is 0.104. The molecule has 0 aliphatic carbocycles. The van der Waals surface area contributed by atoms with E-state index in [2.05, 4.69) is 20.8 Å². The molecule has 3 rings (SSSR count). The Kier molecular flexibility index (Phi) is 5.22. The van der Waals surface area contributed by atoms with Crippen molar-refractivity contribution in [3.05, 3.63) is 34.0 Å². The van der Waals surface area contributed by atoms with Gasteiger partial charge in [0, 0.05) is 54.4 Å². The summed E-state index contributed by atoms with van der Waals surface area (Å²) >= 11 is 3.44. The van der Waals surface area contributed by atoms with Crippen molar-refractivity contribution in [1.29, 1.82) is 0 Å². The molecule has 1 aromatic heterocycles. The number of carbonyl (C=O) groups is 1. The fourth-order valence-corrected chi connectivity index (χ4v) is 3.96. The molecule has 0 atom stereocenters. The van der Waals surface area contributed by atoms with Crippen molar-refractivity contribution in [2.75, 3.05) is 44.7 Å². The van der Waals surface area contributed by atoms with Crippen LogP contribution < -0.4 is 0 Å². The number of nitrogens with zero attached hydrogens (tertiary/aromatic N) is 2. The van der Waals surface area contributed by atoms with Crippen LogP contribution in [-0.4, -0.2) is 68.9 Å². The summed E-state index contributed by atoms with van der Waals surface area (Å²) in [6, 6.07) is 5.69. The largest absolute Gasteiger partial charge is 0.451 e. The molecule has 8 heteroatoms. The second kappa shape index (κ2) is 7.09. The van der Waals surface area contributed by atoms with Gasteiger partial charge in [0.25, 0.3) is 5.91 Å². The van der Waals surface area contributed by atoms with Crippen LogP contribution >= 0.6 is 15.9 Å². The first-order valence-corrected chi connectivity index (χ1v) is 11.0. The van der Waals surface area contributed by atoms with Gasteiger partial charge in [0.05, 0.1) is 5.75 Å². The topological polar surface area (TPSA) is 70.8 Å². The quantitative estimate of drug-likeness (QED) is 0.746. The van der Waals surface area contributed by atoms with E-state index < -0.39 is 9.84 Å². The number of furan rings is 1. The number of amides is 1. The van der Waals surface area contributed by atoms with E-state index in [1.165, 1.54) is 6.26 Å². The Morgan fingerprint density at radius 3 is 2.56 bits per heavy atom. The molecule has 1 saturated heterocycles. The number of aryl methyl sites for hydroxylation is 1. The van der Waals surface area contributed by atoms with Gasteiger partial charge < -0.3 is 9.32 Å². The van der Waals surface area contributed by atoms with Gasteiger partial charge in [0.15, 0.2) is 5.76 Å². The number of fused-ring (bicyclic) bond motifs is 1. The van der Waals surface area contributed by atoms with Gasteiger partial charge in [-0.05, 0) is 25.1 Å². The molecule has 2 heterocycles. The Labute approximate surface area is 155 Å². The van der Waals surface area contributed by atoms with Crippen LogP contribution in [0.25, 0.3) is 11.0 Å². The zero-order chi connectivity index (χ0) is 18.2. The van der Waals surface area contributed by atoms with Crippen molar-refractivity contribution < 1.29 is 17.6 Å². The molecule has 0 N–H and O–H groups in total. The molecule has 0 unspecified atom stereocenters. The van der Waals surface area contributed by atoms with E-state index in [1.54, 1.807) is 4.90 Å². The molecule has 25 heavy (non-hydrogen) atoms. The molecule has 1 aliphatic rings. The normalized spacial score (nSPS) is 16.5. The molecule has 1 aliphatic heterocycles. The number of carbonyl (C=O) groups excluding carboxylic acids is 1. The summed E-state index contributed by atoms with van der Waals surface area (Å²) in [6.07, 6.45) is 1.25. The predicted octanol–water partition coefficient (Wildman–Crippen LogP) is 2.31. The summed E-state index contributed by atoms with van der Waals surface area (Å²) in [5, 5.41) is 0.935. The number of benzene rings is 1. The smallest absolute Gasteiger partial charge is 0.289 e. The van der Waals surface area contributed by atoms with Gasteiger partial charge in [-0.25, -0.2) is 8.42 Å². The lowest BCUT2D eigenvalue weighted by atomic mass is 10.1. The first-order valence-electron chi connectivity index (χ1n) is 8.12. The van der Waals surface area contributed by atoms with E-state index in [0.29, 0.717) is 44.1 Å². The Balaban J connectivity index is 1.68. The van der Waals surface area contributed by atoms with Gasteiger partial charge in [0.2, 0.25) is 0 Å². The van der Waals surface area contributed by atoms with Gasteiger partial charge in [-0.2, -0.15) is 0 Å². The van der Waals surface area contributed by atoms with Gasteiger partial charge in [0.1, 0.15) is 15.4 Å². The summed E-state index contributed by atoms with van der Waals surface area (Å²) in [7, 11) is -2.96. The molecule has 1 amide bonds. The number of sulfone groups is 1. The van der Waals surface area contributed by atoms with Crippen LogP contribution in [-0.2, 0) is 9.84 Å². The molecular weight excluding hydrogens is 408 g/mol. The highest BCUT2D eigenvalue weighted by molar-refractivity contribution is 9.10. The summed E-state index contributed by atoms with van der Waals surface area (Å²) in [5.74, 6) is 0.434. The van der Waals surface area contributed by atoms with Gasteiger partial charge in [-0.1, -0.05) is 15.9 Å². The van der Waals surface area contributed by atoms with Crippen LogP contribution in [0.1, 0.15) is 16.1 Å². The Morgan fingerprint density at radius 1 is 1.24 bits per heavy atom. The van der Waals surface area contributed by atoms with Gasteiger partial charge in [-0.15, -0.1) is 0 Å². The van der Waals surface area contributed by atoms with E-state index >= 15 is 0 Å². The van der Waals surface area contributed by atoms with Crippen LogP contribution in [0.15, 0.2) is 27.1 Å². The zero-order valence-corrected chi connectivity index (χ0v) is 16.7. The maximum atomic E-state index is 12.8. The van der Waals surface area contributed by atoms with Crippen molar-refractivity contribution in [3.8, 4) is 0 Å². The number of rotatable bonds is 4. The standard InChI is InChI=1S/C17H21BrN2O4S/c1-12-14-11-13(18)3-4-15(14)24-16(12)17(21)20-7-5-19(6-8-20)9-10-25(2,22)23/h3-4,11H,5-10H2,1-2H3. The zero-order valence-electron chi connectivity index (χ0n) is 14.3. The number of halogens is 1. The molecule has 1 fully saturated rings. The summed E-state index contributed by atoms with van der Waals surface area (Å²) in [4.78, 5) is 16.7. The second-order valence-electron chi connectivity index (χ2n) is 6.46. The Morgan fingerprint density at radius 2 is 1.92 bits per heavy atom. The molecule has 0 saturated carbocycles. The third-order valence-electron chi connectivity index (χ3n) is 4.53. The van der Waals surface area contributed by atoms with Crippen LogP contribution in [0.4, 0.5) is 0 Å². The van der Waals surface area contributed by atoms with Crippen LogP contribution in [0.3, 0.4) is 0 Å². The highest BCUT2D eigenvalue weighted by Crippen LogP contribution is 2.29. The van der Waals surface area contributed by atoms with Crippen LogP contribution in [0.2, 0.25) is 0 Å². The van der Waals surface area contributed by atoms with Gasteiger partial charge >= 0.3 is 0 Å². The van der Waals surface area contributed by atoms with Crippen molar-refractivity contribution in [2.45, 2.75) is 6.92 Å². The molecule has 2 aromatic rings. The average Bonchev–Trinajstić information content (AvgIpc) is 2.89. The van der Waals surface area contributed by atoms with E-state index in [1.807, 2.05) is 25.1 Å². The fourth-order valence-electron chi connectivity index (χ4n) is 3.01. The Bertz CT molecular complexity index is 899.